The standard InChI is InChI=1S/C19H19N5O/c20-11-12-10-14(18-22-15-8-4-5-9-16(15)23-18)17(21)24-19(12)25-13-6-2-1-3-7-13/h4-5,8-10,13H,1-3,6-7H2,(H2,21,24)(H,22,23). The van der Waals surface area contributed by atoms with Gasteiger partial charge in [0.1, 0.15) is 29.4 Å². The molecule has 0 unspecified atom stereocenters. The number of fused-ring (bicyclic) bond motifs is 1. The molecule has 126 valence electrons. The molecule has 0 atom stereocenters. The Labute approximate surface area is 145 Å². The third-order valence-corrected chi connectivity index (χ3v) is 4.61. The summed E-state index contributed by atoms with van der Waals surface area (Å²) in [5.41, 5.74) is 8.90. The van der Waals surface area contributed by atoms with Crippen LogP contribution in [-0.2, 0) is 0 Å². The highest BCUT2D eigenvalue weighted by Gasteiger charge is 2.20. The molecular formula is C19H19N5O. The van der Waals surface area contributed by atoms with Gasteiger partial charge in [-0.3, -0.25) is 0 Å². The van der Waals surface area contributed by atoms with Crippen molar-refractivity contribution in [2.24, 2.45) is 0 Å². The average molecular weight is 333 g/mol. The Hall–Kier alpha value is -3.07. The molecule has 1 saturated carbocycles. The van der Waals surface area contributed by atoms with Crippen LogP contribution in [0, 0.1) is 11.3 Å². The van der Waals surface area contributed by atoms with E-state index < -0.39 is 0 Å². The summed E-state index contributed by atoms with van der Waals surface area (Å²) in [4.78, 5) is 12.1. The van der Waals surface area contributed by atoms with Crippen LogP contribution in [-0.4, -0.2) is 21.1 Å². The summed E-state index contributed by atoms with van der Waals surface area (Å²) in [6.45, 7) is 0. The zero-order valence-corrected chi connectivity index (χ0v) is 13.8. The Kier molecular flexibility index (Phi) is 3.98. The SMILES string of the molecule is N#Cc1cc(-c2nc3ccccc3[nH]2)c(N)nc1OC1CCCCC1. The lowest BCUT2D eigenvalue weighted by Gasteiger charge is -2.23. The number of nitrogens with two attached hydrogens (primary N) is 1. The topological polar surface area (TPSA) is 101 Å². The summed E-state index contributed by atoms with van der Waals surface area (Å²) >= 11 is 0. The van der Waals surface area contributed by atoms with Crippen LogP contribution < -0.4 is 10.5 Å². The fraction of sp³-hybridized carbons (Fsp3) is 0.316. The highest BCUT2D eigenvalue weighted by molar-refractivity contribution is 5.82. The van der Waals surface area contributed by atoms with Crippen molar-refractivity contribution >= 4 is 16.9 Å². The van der Waals surface area contributed by atoms with Crippen molar-refractivity contribution in [1.29, 1.82) is 5.26 Å². The molecule has 2 aromatic heterocycles. The van der Waals surface area contributed by atoms with Crippen LogP contribution in [0.3, 0.4) is 0 Å². The van der Waals surface area contributed by atoms with Crippen molar-refractivity contribution in [2.45, 2.75) is 38.2 Å². The van der Waals surface area contributed by atoms with Crippen molar-refractivity contribution in [1.82, 2.24) is 15.0 Å². The second kappa shape index (κ2) is 6.44. The maximum Gasteiger partial charge on any atom is 0.233 e. The number of para-hydroxylation sites is 2. The van der Waals surface area contributed by atoms with Crippen LogP contribution in [0.2, 0.25) is 0 Å². The van der Waals surface area contributed by atoms with Gasteiger partial charge in [-0.05, 0) is 43.9 Å². The van der Waals surface area contributed by atoms with Gasteiger partial charge in [-0.1, -0.05) is 18.6 Å². The van der Waals surface area contributed by atoms with Crippen molar-refractivity contribution in [3.63, 3.8) is 0 Å². The molecule has 1 aromatic carbocycles. The molecule has 3 N–H and O–H groups in total. The van der Waals surface area contributed by atoms with Crippen LogP contribution in [0.5, 0.6) is 5.88 Å². The number of pyridine rings is 1. The Morgan fingerprint density at radius 2 is 1.96 bits per heavy atom. The van der Waals surface area contributed by atoms with Crippen molar-refractivity contribution < 1.29 is 4.74 Å². The minimum absolute atomic E-state index is 0.116. The highest BCUT2D eigenvalue weighted by Crippen LogP contribution is 2.31. The van der Waals surface area contributed by atoms with Gasteiger partial charge in [-0.2, -0.15) is 10.2 Å². The molecule has 4 rings (SSSR count). The molecule has 0 spiro atoms. The van der Waals surface area contributed by atoms with Gasteiger partial charge in [-0.15, -0.1) is 0 Å². The van der Waals surface area contributed by atoms with Crippen molar-refractivity contribution in [3.05, 3.63) is 35.9 Å². The Morgan fingerprint density at radius 3 is 2.72 bits per heavy atom. The summed E-state index contributed by atoms with van der Waals surface area (Å²) in [7, 11) is 0. The van der Waals surface area contributed by atoms with Gasteiger partial charge >= 0.3 is 0 Å². The van der Waals surface area contributed by atoms with Gasteiger partial charge in [-0.25, -0.2) is 4.98 Å². The van der Waals surface area contributed by atoms with Crippen LogP contribution in [0.15, 0.2) is 30.3 Å². The number of ether oxygens (including phenoxy) is 1. The van der Waals surface area contributed by atoms with Crippen LogP contribution in [0.1, 0.15) is 37.7 Å². The number of nitrogens with zero attached hydrogens (tertiary/aromatic N) is 3. The van der Waals surface area contributed by atoms with E-state index in [0.717, 1.165) is 36.7 Å². The normalized spacial score (nSPS) is 15.2. The molecule has 1 fully saturated rings. The minimum atomic E-state index is 0.116. The predicted molar refractivity (Wildman–Crippen MR) is 96.0 cm³/mol. The molecule has 2 heterocycles. The molecule has 25 heavy (non-hydrogen) atoms. The molecule has 0 aliphatic heterocycles. The summed E-state index contributed by atoms with van der Waals surface area (Å²) in [6.07, 6.45) is 5.66. The lowest BCUT2D eigenvalue weighted by atomic mass is 9.98. The van der Waals surface area contributed by atoms with Gasteiger partial charge in [0.25, 0.3) is 0 Å². The fourth-order valence-corrected chi connectivity index (χ4v) is 3.29. The Balaban J connectivity index is 1.70. The monoisotopic (exact) mass is 333 g/mol. The number of H-pyrrole nitrogens is 1. The Bertz CT molecular complexity index is 917. The van der Waals surface area contributed by atoms with Gasteiger partial charge in [0.15, 0.2) is 0 Å². The van der Waals surface area contributed by atoms with E-state index in [2.05, 4.69) is 21.0 Å². The fourth-order valence-electron chi connectivity index (χ4n) is 3.29. The highest BCUT2D eigenvalue weighted by atomic mass is 16.5. The largest absolute Gasteiger partial charge is 0.473 e. The first kappa shape index (κ1) is 15.5. The number of imidazole rings is 1. The summed E-state index contributed by atoms with van der Waals surface area (Å²) < 4.78 is 5.96. The molecule has 0 bridgehead atoms. The number of nitrogen functional groups attached to an aromatic ring is 1. The molecule has 0 saturated heterocycles. The van der Waals surface area contributed by atoms with Crippen molar-refractivity contribution in [2.75, 3.05) is 5.73 Å². The molecule has 1 aliphatic carbocycles. The Morgan fingerprint density at radius 1 is 1.16 bits per heavy atom. The van der Waals surface area contributed by atoms with E-state index in [1.807, 2.05) is 24.3 Å². The predicted octanol–water partition coefficient (Wildman–Crippen LogP) is 3.79. The van der Waals surface area contributed by atoms with Crippen LogP contribution in [0.4, 0.5) is 5.82 Å². The third kappa shape index (κ3) is 3.01. The number of nitrogens with one attached hydrogen (secondary N) is 1. The average Bonchev–Trinajstić information content (AvgIpc) is 3.06. The smallest absolute Gasteiger partial charge is 0.233 e. The first-order valence-corrected chi connectivity index (χ1v) is 8.57. The molecule has 3 aromatic rings. The molecule has 6 nitrogen and oxygen atoms in total. The molecule has 1 aliphatic rings. The van der Waals surface area contributed by atoms with E-state index in [1.165, 1.54) is 6.42 Å². The molecule has 0 radical (unpaired) electrons. The second-order valence-corrected chi connectivity index (χ2v) is 6.37. The molecular weight excluding hydrogens is 314 g/mol. The number of aromatic amines is 1. The van der Waals surface area contributed by atoms with Crippen LogP contribution >= 0.6 is 0 Å². The van der Waals surface area contributed by atoms with Crippen molar-refractivity contribution in [3.8, 4) is 23.3 Å². The lowest BCUT2D eigenvalue weighted by Crippen LogP contribution is -2.21. The van der Waals surface area contributed by atoms with E-state index in [1.54, 1.807) is 6.07 Å². The van der Waals surface area contributed by atoms with Gasteiger partial charge in [0.2, 0.25) is 5.88 Å². The first-order chi connectivity index (χ1) is 12.2. The maximum atomic E-state index is 9.51. The zero-order chi connectivity index (χ0) is 17.2. The number of aromatic nitrogens is 3. The summed E-state index contributed by atoms with van der Waals surface area (Å²) in [5.74, 6) is 1.24. The first-order valence-electron chi connectivity index (χ1n) is 8.57. The molecule has 0 amide bonds. The van der Waals surface area contributed by atoms with E-state index in [9.17, 15) is 5.26 Å². The van der Waals surface area contributed by atoms with Gasteiger partial charge in [0, 0.05) is 0 Å². The molecule has 6 heteroatoms. The number of hydrogen-bond donors (Lipinski definition) is 2. The van der Waals surface area contributed by atoms with Gasteiger partial charge in [0.05, 0.1) is 16.6 Å². The van der Waals surface area contributed by atoms with Crippen LogP contribution in [0.25, 0.3) is 22.4 Å². The number of benzene rings is 1. The number of nitriles is 1. The number of anilines is 1. The van der Waals surface area contributed by atoms with E-state index in [0.29, 0.717) is 28.6 Å². The van der Waals surface area contributed by atoms with E-state index in [4.69, 9.17) is 10.5 Å². The third-order valence-electron chi connectivity index (χ3n) is 4.61. The number of hydrogen-bond acceptors (Lipinski definition) is 5. The van der Waals surface area contributed by atoms with E-state index >= 15 is 0 Å². The number of rotatable bonds is 3. The quantitative estimate of drug-likeness (QED) is 0.759. The summed E-state index contributed by atoms with van der Waals surface area (Å²) in [5, 5.41) is 9.51. The van der Waals surface area contributed by atoms with E-state index in [-0.39, 0.29) is 6.10 Å². The van der Waals surface area contributed by atoms with Gasteiger partial charge < -0.3 is 15.5 Å². The minimum Gasteiger partial charge on any atom is -0.473 e. The zero-order valence-electron chi connectivity index (χ0n) is 13.8. The maximum absolute atomic E-state index is 9.51. The lowest BCUT2D eigenvalue weighted by molar-refractivity contribution is 0.148. The summed E-state index contributed by atoms with van der Waals surface area (Å²) in [6, 6.07) is 11.6. The second-order valence-electron chi connectivity index (χ2n) is 6.37.